The molecule has 4 rings (SSSR count). The van der Waals surface area contributed by atoms with Gasteiger partial charge in [0.2, 0.25) is 11.1 Å². The Kier molecular flexibility index (Phi) is 3.93. The molecule has 0 atom stereocenters. The van der Waals surface area contributed by atoms with E-state index in [-0.39, 0.29) is 11.7 Å². The summed E-state index contributed by atoms with van der Waals surface area (Å²) in [4.78, 5) is 16.6. The van der Waals surface area contributed by atoms with E-state index in [1.54, 1.807) is 0 Å². The fourth-order valence-electron chi connectivity index (χ4n) is 2.54. The van der Waals surface area contributed by atoms with Gasteiger partial charge in [-0.2, -0.15) is 0 Å². The third-order valence-corrected chi connectivity index (χ3v) is 4.94. The Morgan fingerprint density at radius 2 is 2.21 bits per heavy atom. The lowest BCUT2D eigenvalue weighted by molar-refractivity contribution is -0.118. The minimum Gasteiger partial charge on any atom is -0.348 e. The van der Waals surface area contributed by atoms with E-state index < -0.39 is 0 Å². The Morgan fingerprint density at radius 3 is 3.00 bits per heavy atom. The van der Waals surface area contributed by atoms with Crippen molar-refractivity contribution in [3.8, 4) is 0 Å². The summed E-state index contributed by atoms with van der Waals surface area (Å²) in [6.45, 7) is 0.401. The number of rotatable bonds is 6. The first-order valence-electron chi connectivity index (χ1n) is 7.80. The van der Waals surface area contributed by atoms with E-state index in [4.69, 9.17) is 0 Å². The van der Waals surface area contributed by atoms with Crippen LogP contribution in [0, 0.1) is 0 Å². The molecule has 1 aromatic carbocycles. The number of carbonyl (C=O) groups is 1. The van der Waals surface area contributed by atoms with Crippen molar-refractivity contribution in [3.05, 3.63) is 30.1 Å². The predicted octanol–water partition coefficient (Wildman–Crippen LogP) is 1.30. The van der Waals surface area contributed by atoms with Gasteiger partial charge in [-0.05, 0) is 35.4 Å². The Morgan fingerprint density at radius 1 is 1.38 bits per heavy atom. The van der Waals surface area contributed by atoms with Gasteiger partial charge in [0.25, 0.3) is 0 Å². The van der Waals surface area contributed by atoms with Gasteiger partial charge < -0.3 is 9.88 Å². The van der Waals surface area contributed by atoms with Crippen LogP contribution in [0.2, 0.25) is 0 Å². The molecule has 0 unspecified atom stereocenters. The first-order valence-corrected chi connectivity index (χ1v) is 8.78. The number of hydrogen-bond acceptors (Lipinski definition) is 6. The van der Waals surface area contributed by atoms with Crippen LogP contribution in [0.25, 0.3) is 11.0 Å². The molecule has 1 aliphatic carbocycles. The van der Waals surface area contributed by atoms with Crippen LogP contribution in [0.15, 0.2) is 29.4 Å². The van der Waals surface area contributed by atoms with E-state index in [0.29, 0.717) is 17.7 Å². The number of amides is 1. The molecular formula is C15H17N7OS. The molecule has 0 spiro atoms. The first kappa shape index (κ1) is 15.1. The summed E-state index contributed by atoms with van der Waals surface area (Å²) in [5.74, 6) is 1.06. The van der Waals surface area contributed by atoms with Crippen LogP contribution in [0.1, 0.15) is 24.7 Å². The summed E-state index contributed by atoms with van der Waals surface area (Å²) in [5, 5.41) is 15.3. The quantitative estimate of drug-likeness (QED) is 0.679. The van der Waals surface area contributed by atoms with Crippen LogP contribution in [-0.2, 0) is 18.4 Å². The van der Waals surface area contributed by atoms with Crippen LogP contribution in [-0.4, -0.2) is 41.4 Å². The molecule has 124 valence electrons. The largest absolute Gasteiger partial charge is 0.348 e. The average molecular weight is 343 g/mol. The van der Waals surface area contributed by atoms with Crippen LogP contribution in [0.5, 0.6) is 0 Å². The van der Waals surface area contributed by atoms with Crippen molar-refractivity contribution in [2.45, 2.75) is 30.6 Å². The third kappa shape index (κ3) is 2.99. The number of nitrogens with one attached hydrogen (secondary N) is 1. The van der Waals surface area contributed by atoms with Crippen molar-refractivity contribution in [2.24, 2.45) is 7.05 Å². The molecule has 24 heavy (non-hydrogen) atoms. The number of tetrazole rings is 1. The molecule has 1 N–H and O–H groups in total. The normalized spacial score (nSPS) is 14.2. The molecule has 2 aromatic heterocycles. The fraction of sp³-hybridized carbons (Fsp3) is 0.400. The molecule has 1 amide bonds. The topological polar surface area (TPSA) is 90.5 Å². The minimum absolute atomic E-state index is 0.0580. The zero-order valence-corrected chi connectivity index (χ0v) is 14.0. The SMILES string of the molecule is Cn1c(CNC(=O)CSc2nnnn2C2CC2)nc2ccccc21. The number of carbonyl (C=O) groups excluding carboxylic acids is 1. The number of benzene rings is 1. The van der Waals surface area contributed by atoms with E-state index >= 15 is 0 Å². The lowest BCUT2D eigenvalue weighted by Crippen LogP contribution is -2.26. The molecule has 0 bridgehead atoms. The van der Waals surface area contributed by atoms with Gasteiger partial charge in [0.1, 0.15) is 5.82 Å². The van der Waals surface area contributed by atoms with E-state index in [1.807, 2.05) is 40.6 Å². The standard InChI is InChI=1S/C15H17N7OS/c1-21-12-5-3-2-4-11(12)17-13(21)8-16-14(23)9-24-15-18-19-20-22(15)10-6-7-10/h2-5,10H,6-9H2,1H3,(H,16,23). The number of thioether (sulfide) groups is 1. The highest BCUT2D eigenvalue weighted by atomic mass is 32.2. The average Bonchev–Trinajstić information content (AvgIpc) is 3.25. The van der Waals surface area contributed by atoms with E-state index in [0.717, 1.165) is 29.7 Å². The van der Waals surface area contributed by atoms with Gasteiger partial charge in [-0.25, -0.2) is 9.67 Å². The molecule has 8 nitrogen and oxygen atoms in total. The molecule has 0 aliphatic heterocycles. The number of imidazole rings is 1. The molecule has 1 aliphatic rings. The Labute approximate surface area is 142 Å². The van der Waals surface area contributed by atoms with Gasteiger partial charge in [0.05, 0.1) is 29.4 Å². The smallest absolute Gasteiger partial charge is 0.230 e. The first-order chi connectivity index (χ1) is 11.7. The minimum atomic E-state index is -0.0580. The highest BCUT2D eigenvalue weighted by Gasteiger charge is 2.28. The van der Waals surface area contributed by atoms with Crippen LogP contribution < -0.4 is 5.32 Å². The van der Waals surface area contributed by atoms with Gasteiger partial charge in [-0.3, -0.25) is 4.79 Å². The molecular weight excluding hydrogens is 326 g/mol. The highest BCUT2D eigenvalue weighted by Crippen LogP contribution is 2.36. The number of para-hydroxylation sites is 2. The maximum absolute atomic E-state index is 12.1. The van der Waals surface area contributed by atoms with Gasteiger partial charge in [-0.15, -0.1) is 5.10 Å². The second-order valence-electron chi connectivity index (χ2n) is 5.78. The van der Waals surface area contributed by atoms with Gasteiger partial charge in [0, 0.05) is 7.05 Å². The monoisotopic (exact) mass is 343 g/mol. The maximum atomic E-state index is 12.1. The lowest BCUT2D eigenvalue weighted by atomic mass is 10.3. The van der Waals surface area contributed by atoms with Crippen LogP contribution in [0.3, 0.4) is 0 Å². The van der Waals surface area contributed by atoms with Crippen molar-refractivity contribution in [2.75, 3.05) is 5.75 Å². The molecule has 3 aromatic rings. The van der Waals surface area contributed by atoms with Crippen molar-refractivity contribution in [3.63, 3.8) is 0 Å². The Bertz CT molecular complexity index is 883. The van der Waals surface area contributed by atoms with Crippen LogP contribution >= 0.6 is 11.8 Å². The summed E-state index contributed by atoms with van der Waals surface area (Å²) in [7, 11) is 1.95. The van der Waals surface area contributed by atoms with Crippen molar-refractivity contribution in [1.29, 1.82) is 0 Å². The van der Waals surface area contributed by atoms with E-state index in [1.165, 1.54) is 11.8 Å². The molecule has 0 radical (unpaired) electrons. The van der Waals surface area contributed by atoms with Gasteiger partial charge in [0.15, 0.2) is 0 Å². The summed E-state index contributed by atoms with van der Waals surface area (Å²) in [5.41, 5.74) is 1.99. The van der Waals surface area contributed by atoms with Crippen LogP contribution in [0.4, 0.5) is 0 Å². The number of hydrogen-bond donors (Lipinski definition) is 1. The lowest BCUT2D eigenvalue weighted by Gasteiger charge is -2.05. The Hall–Kier alpha value is -2.42. The van der Waals surface area contributed by atoms with Crippen molar-refractivity contribution < 1.29 is 4.79 Å². The predicted molar refractivity (Wildman–Crippen MR) is 89.4 cm³/mol. The van der Waals surface area contributed by atoms with Crippen molar-refractivity contribution >= 4 is 28.7 Å². The zero-order valence-electron chi connectivity index (χ0n) is 13.2. The number of fused-ring (bicyclic) bond motifs is 1. The fourth-order valence-corrected chi connectivity index (χ4v) is 3.32. The van der Waals surface area contributed by atoms with Gasteiger partial charge >= 0.3 is 0 Å². The zero-order chi connectivity index (χ0) is 16.5. The molecule has 1 fully saturated rings. The highest BCUT2D eigenvalue weighted by molar-refractivity contribution is 7.99. The summed E-state index contributed by atoms with van der Waals surface area (Å²) in [6.07, 6.45) is 2.22. The number of aromatic nitrogens is 6. The molecule has 2 heterocycles. The molecule has 9 heteroatoms. The number of nitrogens with zero attached hydrogens (tertiary/aromatic N) is 6. The maximum Gasteiger partial charge on any atom is 0.230 e. The summed E-state index contributed by atoms with van der Waals surface area (Å²) >= 11 is 1.36. The number of aryl methyl sites for hydroxylation is 1. The summed E-state index contributed by atoms with van der Waals surface area (Å²) < 4.78 is 3.81. The molecule has 1 saturated carbocycles. The van der Waals surface area contributed by atoms with E-state index in [9.17, 15) is 4.79 Å². The van der Waals surface area contributed by atoms with Crippen molar-refractivity contribution in [1.82, 2.24) is 35.1 Å². The second-order valence-corrected chi connectivity index (χ2v) is 6.72. The summed E-state index contributed by atoms with van der Waals surface area (Å²) in [6, 6.07) is 8.33. The Balaban J connectivity index is 1.34. The second kappa shape index (κ2) is 6.23. The molecule has 0 saturated heterocycles. The third-order valence-electron chi connectivity index (χ3n) is 4.01. The van der Waals surface area contributed by atoms with E-state index in [2.05, 4.69) is 25.8 Å². The van der Waals surface area contributed by atoms with Gasteiger partial charge in [-0.1, -0.05) is 23.9 Å².